The van der Waals surface area contributed by atoms with Gasteiger partial charge < -0.3 is 26.2 Å². The SMILES string of the molecule is CCCCCCCCCCCCCC(=O)OCC[N+](C)(C)C.[Br-]. The first-order chi connectivity index (χ1) is 10.5. The standard InChI is InChI=1S/C19H40NO2.BrH/c1-5-6-7-8-9-10-11-12-13-14-15-16-19(21)22-18-17-20(2,3)4;/h5-18H2,1-4H3;1H/q+1;/p-1. The van der Waals surface area contributed by atoms with Gasteiger partial charge >= 0.3 is 5.97 Å². The molecule has 0 aliphatic carbocycles. The molecule has 0 rings (SSSR count). The summed E-state index contributed by atoms with van der Waals surface area (Å²) in [6, 6.07) is 0. The number of rotatable bonds is 15. The van der Waals surface area contributed by atoms with Crippen LogP contribution in [0, 0.1) is 0 Å². The molecule has 0 radical (unpaired) electrons. The number of nitrogens with zero attached hydrogens (tertiary/aromatic N) is 1. The van der Waals surface area contributed by atoms with Crippen molar-refractivity contribution in [3.05, 3.63) is 0 Å². The zero-order chi connectivity index (χ0) is 16.7. The number of hydrogen-bond donors (Lipinski definition) is 0. The number of likely N-dealkylation sites (N-methyl/N-ethyl adjacent to an activating group) is 1. The molecule has 3 nitrogen and oxygen atoms in total. The first kappa shape index (κ1) is 25.2. The van der Waals surface area contributed by atoms with E-state index in [9.17, 15) is 4.79 Å². The lowest BCUT2D eigenvalue weighted by Crippen LogP contribution is -3.00. The summed E-state index contributed by atoms with van der Waals surface area (Å²) in [6.45, 7) is 3.68. The number of unbranched alkanes of at least 4 members (excludes halogenated alkanes) is 10. The average Bonchev–Trinajstić information content (AvgIpc) is 2.43. The van der Waals surface area contributed by atoms with Crippen LogP contribution in [-0.2, 0) is 9.53 Å². The minimum Gasteiger partial charge on any atom is -1.00 e. The molecule has 0 aromatic carbocycles. The van der Waals surface area contributed by atoms with Gasteiger partial charge in [-0.2, -0.15) is 0 Å². The number of hydrogen-bond acceptors (Lipinski definition) is 2. The molecule has 0 saturated carbocycles. The lowest BCUT2D eigenvalue weighted by atomic mass is 10.1. The molecule has 140 valence electrons. The Morgan fingerprint density at radius 3 is 1.65 bits per heavy atom. The van der Waals surface area contributed by atoms with Gasteiger partial charge in [-0.15, -0.1) is 0 Å². The summed E-state index contributed by atoms with van der Waals surface area (Å²) in [4.78, 5) is 11.6. The van der Waals surface area contributed by atoms with Crippen molar-refractivity contribution in [2.75, 3.05) is 34.3 Å². The first-order valence-electron chi connectivity index (χ1n) is 9.42. The van der Waals surface area contributed by atoms with Crippen LogP contribution in [0.3, 0.4) is 0 Å². The van der Waals surface area contributed by atoms with Gasteiger partial charge in [0.2, 0.25) is 0 Å². The van der Waals surface area contributed by atoms with Crippen LogP contribution in [0.1, 0.15) is 84.0 Å². The van der Waals surface area contributed by atoms with Crippen molar-refractivity contribution < 1.29 is 31.0 Å². The zero-order valence-corrected chi connectivity index (χ0v) is 17.6. The Labute approximate surface area is 155 Å². The molecule has 0 atom stereocenters. The van der Waals surface area contributed by atoms with Gasteiger partial charge in [-0.25, -0.2) is 0 Å². The van der Waals surface area contributed by atoms with E-state index in [1.807, 2.05) is 0 Å². The van der Waals surface area contributed by atoms with E-state index >= 15 is 0 Å². The largest absolute Gasteiger partial charge is 1.00 e. The Hall–Kier alpha value is -0.0900. The zero-order valence-electron chi connectivity index (χ0n) is 16.0. The van der Waals surface area contributed by atoms with E-state index in [2.05, 4.69) is 28.1 Å². The van der Waals surface area contributed by atoms with Crippen LogP contribution in [0.2, 0.25) is 0 Å². The second-order valence-corrected chi connectivity index (χ2v) is 7.52. The van der Waals surface area contributed by atoms with E-state index in [0.717, 1.165) is 17.4 Å². The normalized spacial score (nSPS) is 11.1. The molecule has 0 spiro atoms. The summed E-state index contributed by atoms with van der Waals surface area (Å²) in [5.41, 5.74) is 0. The molecule has 0 unspecified atom stereocenters. The maximum absolute atomic E-state index is 11.6. The van der Waals surface area contributed by atoms with Crippen molar-refractivity contribution in [1.82, 2.24) is 0 Å². The van der Waals surface area contributed by atoms with Crippen molar-refractivity contribution in [3.8, 4) is 0 Å². The molecule has 0 aliphatic rings. The van der Waals surface area contributed by atoms with Crippen LogP contribution in [-0.4, -0.2) is 44.7 Å². The third-order valence-corrected chi connectivity index (χ3v) is 4.01. The number of halogens is 1. The Kier molecular flexibility index (Phi) is 18.3. The van der Waals surface area contributed by atoms with E-state index in [-0.39, 0.29) is 23.0 Å². The topological polar surface area (TPSA) is 26.3 Å². The molecule has 0 N–H and O–H groups in total. The van der Waals surface area contributed by atoms with Gasteiger partial charge in [0.1, 0.15) is 13.2 Å². The fraction of sp³-hybridized carbons (Fsp3) is 0.947. The Morgan fingerprint density at radius 2 is 1.22 bits per heavy atom. The second-order valence-electron chi connectivity index (χ2n) is 7.52. The molecule has 0 aliphatic heterocycles. The Balaban J connectivity index is 0. The molecule has 0 bridgehead atoms. The van der Waals surface area contributed by atoms with E-state index in [1.54, 1.807) is 0 Å². The fourth-order valence-corrected chi connectivity index (χ4v) is 2.44. The van der Waals surface area contributed by atoms with Crippen LogP contribution in [0.25, 0.3) is 0 Å². The quantitative estimate of drug-likeness (QED) is 0.241. The molecule has 0 fully saturated rings. The van der Waals surface area contributed by atoms with Crippen molar-refractivity contribution in [3.63, 3.8) is 0 Å². The van der Waals surface area contributed by atoms with E-state index < -0.39 is 0 Å². The molecular formula is C19H40BrNO2. The molecule has 4 heteroatoms. The van der Waals surface area contributed by atoms with Crippen molar-refractivity contribution in [2.24, 2.45) is 0 Å². The number of esters is 1. The lowest BCUT2D eigenvalue weighted by Gasteiger charge is -2.23. The fourth-order valence-electron chi connectivity index (χ4n) is 2.44. The molecule has 0 heterocycles. The molecule has 0 aromatic heterocycles. The monoisotopic (exact) mass is 393 g/mol. The first-order valence-corrected chi connectivity index (χ1v) is 9.42. The third-order valence-electron chi connectivity index (χ3n) is 4.01. The predicted molar refractivity (Wildman–Crippen MR) is 94.9 cm³/mol. The van der Waals surface area contributed by atoms with Crippen LogP contribution >= 0.6 is 0 Å². The maximum Gasteiger partial charge on any atom is 0.305 e. The van der Waals surface area contributed by atoms with Crippen LogP contribution in [0.5, 0.6) is 0 Å². The van der Waals surface area contributed by atoms with Crippen molar-refractivity contribution in [2.45, 2.75) is 84.0 Å². The molecular weight excluding hydrogens is 354 g/mol. The maximum atomic E-state index is 11.6. The number of carbonyl (C=O) groups is 1. The van der Waals surface area contributed by atoms with Crippen molar-refractivity contribution >= 4 is 5.97 Å². The van der Waals surface area contributed by atoms with E-state index in [4.69, 9.17) is 4.74 Å². The van der Waals surface area contributed by atoms with E-state index in [1.165, 1.54) is 64.2 Å². The highest BCUT2D eigenvalue weighted by atomic mass is 79.9. The van der Waals surface area contributed by atoms with Gasteiger partial charge in [0.05, 0.1) is 21.1 Å². The summed E-state index contributed by atoms with van der Waals surface area (Å²) in [5, 5.41) is 0. The van der Waals surface area contributed by atoms with Gasteiger partial charge in [-0.1, -0.05) is 71.1 Å². The highest BCUT2D eigenvalue weighted by Gasteiger charge is 2.09. The summed E-state index contributed by atoms with van der Waals surface area (Å²) in [5.74, 6) is -0.0237. The minimum absolute atomic E-state index is 0. The summed E-state index contributed by atoms with van der Waals surface area (Å²) < 4.78 is 6.09. The van der Waals surface area contributed by atoms with Crippen LogP contribution < -0.4 is 17.0 Å². The smallest absolute Gasteiger partial charge is 0.305 e. The molecule has 23 heavy (non-hydrogen) atoms. The van der Waals surface area contributed by atoms with Gasteiger partial charge in [0.25, 0.3) is 0 Å². The summed E-state index contributed by atoms with van der Waals surface area (Å²) in [7, 11) is 6.33. The van der Waals surface area contributed by atoms with Crippen molar-refractivity contribution in [1.29, 1.82) is 0 Å². The average molecular weight is 394 g/mol. The molecule has 0 saturated heterocycles. The third kappa shape index (κ3) is 21.9. The van der Waals surface area contributed by atoms with Gasteiger partial charge in [-0.3, -0.25) is 4.79 Å². The predicted octanol–water partition coefficient (Wildman–Crippen LogP) is 1.94. The summed E-state index contributed by atoms with van der Waals surface area (Å²) in [6.07, 6.45) is 15.0. The highest BCUT2D eigenvalue weighted by molar-refractivity contribution is 5.69. The summed E-state index contributed by atoms with van der Waals surface area (Å²) >= 11 is 0. The van der Waals surface area contributed by atoms with Crippen LogP contribution in [0.15, 0.2) is 0 Å². The lowest BCUT2D eigenvalue weighted by molar-refractivity contribution is -0.870. The van der Waals surface area contributed by atoms with Gasteiger partial charge in [-0.05, 0) is 6.42 Å². The molecule has 0 aromatic rings. The number of carbonyl (C=O) groups excluding carboxylic acids is 1. The Bertz CT molecular complexity index is 265. The van der Waals surface area contributed by atoms with Crippen LogP contribution in [0.4, 0.5) is 0 Å². The number of ether oxygens (including phenoxy) is 1. The highest BCUT2D eigenvalue weighted by Crippen LogP contribution is 2.12. The second kappa shape index (κ2) is 16.8. The number of quaternary nitrogens is 1. The minimum atomic E-state index is -0.0237. The van der Waals surface area contributed by atoms with E-state index in [0.29, 0.717) is 13.0 Å². The Morgan fingerprint density at radius 1 is 0.783 bits per heavy atom. The molecule has 0 amide bonds. The van der Waals surface area contributed by atoms with Gasteiger partial charge in [0, 0.05) is 6.42 Å². The van der Waals surface area contributed by atoms with Gasteiger partial charge in [0.15, 0.2) is 0 Å².